The fraction of sp³-hybridized carbons (Fsp3) is 0.533. The Balaban J connectivity index is 2.01. The molecule has 1 aliphatic carbocycles. The van der Waals surface area contributed by atoms with Crippen molar-refractivity contribution < 1.29 is 4.79 Å². The van der Waals surface area contributed by atoms with Crippen LogP contribution in [0.25, 0.3) is 0 Å². The highest BCUT2D eigenvalue weighted by molar-refractivity contribution is 5.76. The summed E-state index contributed by atoms with van der Waals surface area (Å²) in [7, 11) is 0. The molecule has 0 spiro atoms. The van der Waals surface area contributed by atoms with Crippen LogP contribution in [0.3, 0.4) is 0 Å². The van der Waals surface area contributed by atoms with Gasteiger partial charge in [0.05, 0.1) is 6.04 Å². The van der Waals surface area contributed by atoms with Crippen molar-refractivity contribution in [2.45, 2.75) is 38.6 Å². The SMILES string of the molecule is CC(CN)CC(=O)NC1CCCc2ccccc21. The van der Waals surface area contributed by atoms with E-state index in [1.807, 2.05) is 13.0 Å². The normalized spacial score (nSPS) is 20.0. The standard InChI is InChI=1S/C15H22N2O/c1-11(10-16)9-15(18)17-14-8-4-6-12-5-2-3-7-13(12)14/h2-3,5,7,11,14H,4,6,8-10,16H2,1H3,(H,17,18). The van der Waals surface area contributed by atoms with Crippen LogP contribution < -0.4 is 11.1 Å². The largest absolute Gasteiger partial charge is 0.349 e. The third kappa shape index (κ3) is 3.10. The lowest BCUT2D eigenvalue weighted by Crippen LogP contribution is -2.32. The molecule has 0 saturated carbocycles. The predicted molar refractivity (Wildman–Crippen MR) is 73.1 cm³/mol. The quantitative estimate of drug-likeness (QED) is 0.855. The molecule has 0 fully saturated rings. The summed E-state index contributed by atoms with van der Waals surface area (Å²) in [6.45, 7) is 2.57. The summed E-state index contributed by atoms with van der Waals surface area (Å²) in [6, 6.07) is 8.60. The number of aryl methyl sites for hydroxylation is 1. The first-order valence-corrected chi connectivity index (χ1v) is 6.78. The number of rotatable bonds is 4. The van der Waals surface area contributed by atoms with Crippen LogP contribution in [-0.2, 0) is 11.2 Å². The Bertz CT molecular complexity index is 417. The van der Waals surface area contributed by atoms with Crippen LogP contribution in [-0.4, -0.2) is 12.5 Å². The number of hydrogen-bond donors (Lipinski definition) is 2. The second-order valence-corrected chi connectivity index (χ2v) is 5.26. The second kappa shape index (κ2) is 6.01. The van der Waals surface area contributed by atoms with Gasteiger partial charge >= 0.3 is 0 Å². The van der Waals surface area contributed by atoms with Crippen molar-refractivity contribution in [3.8, 4) is 0 Å². The summed E-state index contributed by atoms with van der Waals surface area (Å²) in [4.78, 5) is 11.9. The molecule has 0 aromatic heterocycles. The van der Waals surface area contributed by atoms with Crippen LogP contribution in [0.15, 0.2) is 24.3 Å². The first kappa shape index (κ1) is 13.1. The maximum Gasteiger partial charge on any atom is 0.220 e. The smallest absolute Gasteiger partial charge is 0.220 e. The van der Waals surface area contributed by atoms with Crippen LogP contribution in [0.5, 0.6) is 0 Å². The zero-order valence-electron chi connectivity index (χ0n) is 11.0. The van der Waals surface area contributed by atoms with Crippen LogP contribution in [0.4, 0.5) is 0 Å². The van der Waals surface area contributed by atoms with Crippen LogP contribution in [0, 0.1) is 5.92 Å². The average Bonchev–Trinajstić information content (AvgIpc) is 2.39. The molecule has 0 bridgehead atoms. The summed E-state index contributed by atoms with van der Waals surface area (Å²) in [5.41, 5.74) is 8.22. The summed E-state index contributed by atoms with van der Waals surface area (Å²) >= 11 is 0. The minimum Gasteiger partial charge on any atom is -0.349 e. The molecule has 0 aliphatic heterocycles. The van der Waals surface area contributed by atoms with Gasteiger partial charge in [-0.05, 0) is 42.9 Å². The van der Waals surface area contributed by atoms with Gasteiger partial charge in [0.25, 0.3) is 0 Å². The Morgan fingerprint density at radius 1 is 1.50 bits per heavy atom. The highest BCUT2D eigenvalue weighted by atomic mass is 16.1. The first-order chi connectivity index (χ1) is 8.70. The molecule has 3 heteroatoms. The Morgan fingerprint density at radius 2 is 2.28 bits per heavy atom. The molecule has 18 heavy (non-hydrogen) atoms. The first-order valence-electron chi connectivity index (χ1n) is 6.78. The molecule has 0 saturated heterocycles. The number of benzene rings is 1. The van der Waals surface area contributed by atoms with E-state index >= 15 is 0 Å². The maximum absolute atomic E-state index is 11.9. The van der Waals surface area contributed by atoms with Gasteiger partial charge in [0, 0.05) is 6.42 Å². The maximum atomic E-state index is 11.9. The van der Waals surface area contributed by atoms with Gasteiger partial charge in [0.15, 0.2) is 0 Å². The van der Waals surface area contributed by atoms with Crippen LogP contribution in [0.2, 0.25) is 0 Å². The predicted octanol–water partition coefficient (Wildman–Crippen LogP) is 2.17. The molecular weight excluding hydrogens is 224 g/mol. The van der Waals surface area contributed by atoms with E-state index in [-0.39, 0.29) is 17.9 Å². The van der Waals surface area contributed by atoms with E-state index in [4.69, 9.17) is 5.73 Å². The Morgan fingerprint density at radius 3 is 3.06 bits per heavy atom. The molecule has 3 N–H and O–H groups in total. The van der Waals surface area contributed by atoms with E-state index in [0.717, 1.165) is 19.3 Å². The number of hydrogen-bond acceptors (Lipinski definition) is 2. The average molecular weight is 246 g/mol. The lowest BCUT2D eigenvalue weighted by atomic mass is 9.87. The Labute approximate surface area is 109 Å². The van der Waals surface area contributed by atoms with Crippen molar-refractivity contribution in [3.63, 3.8) is 0 Å². The monoisotopic (exact) mass is 246 g/mol. The lowest BCUT2D eigenvalue weighted by Gasteiger charge is -2.26. The second-order valence-electron chi connectivity index (χ2n) is 5.26. The highest BCUT2D eigenvalue weighted by Crippen LogP contribution is 2.29. The Hall–Kier alpha value is -1.35. The van der Waals surface area contributed by atoms with Crippen molar-refractivity contribution in [2.75, 3.05) is 6.54 Å². The molecular formula is C15H22N2O. The van der Waals surface area contributed by atoms with Crippen molar-refractivity contribution in [3.05, 3.63) is 35.4 Å². The van der Waals surface area contributed by atoms with Gasteiger partial charge in [-0.2, -0.15) is 0 Å². The van der Waals surface area contributed by atoms with Gasteiger partial charge in [0.2, 0.25) is 5.91 Å². The molecule has 2 rings (SSSR count). The fourth-order valence-corrected chi connectivity index (χ4v) is 2.56. The zero-order valence-corrected chi connectivity index (χ0v) is 11.0. The number of carbonyl (C=O) groups is 1. The topological polar surface area (TPSA) is 55.1 Å². The van der Waals surface area contributed by atoms with Gasteiger partial charge < -0.3 is 11.1 Å². The molecule has 2 unspecified atom stereocenters. The lowest BCUT2D eigenvalue weighted by molar-refractivity contribution is -0.122. The molecule has 1 aromatic carbocycles. The van der Waals surface area contributed by atoms with E-state index < -0.39 is 0 Å². The van der Waals surface area contributed by atoms with Gasteiger partial charge in [0.1, 0.15) is 0 Å². The fourth-order valence-electron chi connectivity index (χ4n) is 2.56. The summed E-state index contributed by atoms with van der Waals surface area (Å²) < 4.78 is 0. The van der Waals surface area contributed by atoms with Crippen molar-refractivity contribution in [2.24, 2.45) is 11.7 Å². The summed E-state index contributed by atoms with van der Waals surface area (Å²) in [6.07, 6.45) is 3.84. The third-order valence-corrected chi connectivity index (χ3v) is 3.64. The van der Waals surface area contributed by atoms with Gasteiger partial charge in [-0.15, -0.1) is 0 Å². The van der Waals surface area contributed by atoms with Crippen LogP contribution >= 0.6 is 0 Å². The third-order valence-electron chi connectivity index (χ3n) is 3.64. The van der Waals surface area contributed by atoms with Gasteiger partial charge in [-0.1, -0.05) is 31.2 Å². The molecule has 98 valence electrons. The van der Waals surface area contributed by atoms with E-state index in [2.05, 4.69) is 23.5 Å². The summed E-state index contributed by atoms with van der Waals surface area (Å²) in [5, 5.41) is 3.15. The molecule has 1 aliphatic rings. The summed E-state index contributed by atoms with van der Waals surface area (Å²) in [5.74, 6) is 0.374. The minimum absolute atomic E-state index is 0.120. The number of carbonyl (C=O) groups excluding carboxylic acids is 1. The van der Waals surface area contributed by atoms with E-state index in [0.29, 0.717) is 13.0 Å². The Kier molecular flexibility index (Phi) is 4.37. The number of fused-ring (bicyclic) bond motifs is 1. The molecule has 3 nitrogen and oxygen atoms in total. The van der Waals surface area contributed by atoms with E-state index in [9.17, 15) is 4.79 Å². The molecule has 2 atom stereocenters. The van der Waals surface area contributed by atoms with Gasteiger partial charge in [-0.25, -0.2) is 0 Å². The van der Waals surface area contributed by atoms with Gasteiger partial charge in [-0.3, -0.25) is 4.79 Å². The molecule has 0 radical (unpaired) electrons. The molecule has 0 heterocycles. The number of nitrogens with two attached hydrogens (primary N) is 1. The van der Waals surface area contributed by atoms with Crippen molar-refractivity contribution in [1.82, 2.24) is 5.32 Å². The number of nitrogens with one attached hydrogen (secondary N) is 1. The van der Waals surface area contributed by atoms with E-state index in [1.165, 1.54) is 11.1 Å². The molecule has 1 aromatic rings. The van der Waals surface area contributed by atoms with E-state index in [1.54, 1.807) is 0 Å². The van der Waals surface area contributed by atoms with Crippen LogP contribution in [0.1, 0.15) is 43.4 Å². The minimum atomic E-state index is 0.120. The van der Waals surface area contributed by atoms with Crippen molar-refractivity contribution in [1.29, 1.82) is 0 Å². The highest BCUT2D eigenvalue weighted by Gasteiger charge is 2.21. The molecule has 1 amide bonds. The zero-order chi connectivity index (χ0) is 13.0. The van der Waals surface area contributed by atoms with Crippen molar-refractivity contribution >= 4 is 5.91 Å². The number of amides is 1.